The van der Waals surface area contributed by atoms with Crippen LogP contribution >= 0.6 is 0 Å². The lowest BCUT2D eigenvalue weighted by Gasteiger charge is -2.22. The van der Waals surface area contributed by atoms with Gasteiger partial charge in [-0.25, -0.2) is 9.97 Å². The van der Waals surface area contributed by atoms with Gasteiger partial charge in [-0.05, 0) is 39.4 Å². The van der Waals surface area contributed by atoms with E-state index in [1.54, 1.807) is 0 Å². The van der Waals surface area contributed by atoms with Gasteiger partial charge in [0, 0.05) is 17.3 Å². The van der Waals surface area contributed by atoms with E-state index < -0.39 is 0 Å². The molecule has 0 unspecified atom stereocenters. The number of fused-ring (bicyclic) bond motifs is 1. The van der Waals surface area contributed by atoms with E-state index in [1.165, 1.54) is 0 Å². The first kappa shape index (κ1) is 12.8. The topological polar surface area (TPSA) is 63.8 Å². The van der Waals surface area contributed by atoms with Gasteiger partial charge >= 0.3 is 0 Å². The third kappa shape index (κ3) is 2.96. The SMILES string of the molecule is CC(C)(C)Nc1nc(CCN)nc2ccccc12. The summed E-state index contributed by atoms with van der Waals surface area (Å²) in [4.78, 5) is 9.10. The van der Waals surface area contributed by atoms with Gasteiger partial charge < -0.3 is 11.1 Å². The Balaban J connectivity index is 2.53. The summed E-state index contributed by atoms with van der Waals surface area (Å²) in [5.41, 5.74) is 6.51. The van der Waals surface area contributed by atoms with E-state index in [-0.39, 0.29) is 5.54 Å². The lowest BCUT2D eigenvalue weighted by molar-refractivity contribution is 0.630. The summed E-state index contributed by atoms with van der Waals surface area (Å²) in [6, 6.07) is 8.03. The maximum atomic E-state index is 5.58. The number of benzene rings is 1. The Labute approximate surface area is 108 Å². The van der Waals surface area contributed by atoms with Crippen molar-refractivity contribution in [2.24, 2.45) is 5.73 Å². The highest BCUT2D eigenvalue weighted by atomic mass is 15.1. The second kappa shape index (κ2) is 4.90. The average molecular weight is 244 g/mol. The van der Waals surface area contributed by atoms with Gasteiger partial charge in [-0.2, -0.15) is 0 Å². The number of nitrogens with zero attached hydrogens (tertiary/aromatic N) is 2. The quantitative estimate of drug-likeness (QED) is 0.870. The van der Waals surface area contributed by atoms with Gasteiger partial charge in [0.2, 0.25) is 0 Å². The van der Waals surface area contributed by atoms with Crippen LogP contribution in [-0.4, -0.2) is 22.1 Å². The van der Waals surface area contributed by atoms with Crippen molar-refractivity contribution < 1.29 is 0 Å². The number of aromatic nitrogens is 2. The van der Waals surface area contributed by atoms with Crippen LogP contribution in [0.15, 0.2) is 24.3 Å². The monoisotopic (exact) mass is 244 g/mol. The minimum Gasteiger partial charge on any atom is -0.365 e. The van der Waals surface area contributed by atoms with Gasteiger partial charge in [-0.3, -0.25) is 0 Å². The van der Waals surface area contributed by atoms with Crippen LogP contribution in [0.1, 0.15) is 26.6 Å². The fourth-order valence-corrected chi connectivity index (χ4v) is 1.82. The molecule has 2 rings (SSSR count). The maximum absolute atomic E-state index is 5.58. The highest BCUT2D eigenvalue weighted by Crippen LogP contribution is 2.23. The van der Waals surface area contributed by atoms with E-state index in [9.17, 15) is 0 Å². The van der Waals surface area contributed by atoms with Crippen molar-refractivity contribution in [1.82, 2.24) is 9.97 Å². The van der Waals surface area contributed by atoms with Crippen molar-refractivity contribution >= 4 is 16.7 Å². The number of rotatable bonds is 3. The number of hydrogen-bond acceptors (Lipinski definition) is 4. The van der Waals surface area contributed by atoms with Gasteiger partial charge in [0.25, 0.3) is 0 Å². The molecule has 4 nitrogen and oxygen atoms in total. The van der Waals surface area contributed by atoms with Crippen molar-refractivity contribution in [2.75, 3.05) is 11.9 Å². The van der Waals surface area contributed by atoms with Crippen LogP contribution in [0.25, 0.3) is 10.9 Å². The zero-order valence-corrected chi connectivity index (χ0v) is 11.2. The second-order valence-electron chi connectivity index (χ2n) is 5.42. The molecule has 0 aliphatic carbocycles. The van der Waals surface area contributed by atoms with Crippen LogP contribution in [-0.2, 0) is 6.42 Å². The van der Waals surface area contributed by atoms with E-state index >= 15 is 0 Å². The van der Waals surface area contributed by atoms with Crippen LogP contribution in [0.4, 0.5) is 5.82 Å². The van der Waals surface area contributed by atoms with E-state index in [0.29, 0.717) is 13.0 Å². The molecule has 2 aromatic rings. The molecule has 0 aliphatic rings. The first-order valence-electron chi connectivity index (χ1n) is 6.23. The Hall–Kier alpha value is -1.68. The summed E-state index contributed by atoms with van der Waals surface area (Å²) in [6.45, 7) is 6.92. The molecule has 0 saturated carbocycles. The fraction of sp³-hybridized carbons (Fsp3) is 0.429. The molecule has 18 heavy (non-hydrogen) atoms. The average Bonchev–Trinajstić information content (AvgIpc) is 2.27. The van der Waals surface area contributed by atoms with Crippen LogP contribution in [0, 0.1) is 0 Å². The van der Waals surface area contributed by atoms with Gasteiger partial charge in [0.1, 0.15) is 11.6 Å². The summed E-state index contributed by atoms with van der Waals surface area (Å²) in [5, 5.41) is 4.48. The van der Waals surface area contributed by atoms with E-state index in [2.05, 4.69) is 36.1 Å². The predicted molar refractivity (Wildman–Crippen MR) is 75.7 cm³/mol. The standard InChI is InChI=1S/C14H20N4/c1-14(2,3)18-13-10-6-4-5-7-11(10)16-12(17-13)8-9-15/h4-7H,8-9,15H2,1-3H3,(H,16,17,18). The van der Waals surface area contributed by atoms with Gasteiger partial charge in [0.05, 0.1) is 5.52 Å². The minimum atomic E-state index is -0.0306. The Morgan fingerprint density at radius 3 is 2.56 bits per heavy atom. The Morgan fingerprint density at radius 2 is 1.89 bits per heavy atom. The molecule has 1 aromatic carbocycles. The highest BCUT2D eigenvalue weighted by Gasteiger charge is 2.14. The maximum Gasteiger partial charge on any atom is 0.138 e. The molecule has 0 saturated heterocycles. The molecule has 0 bridgehead atoms. The summed E-state index contributed by atoms with van der Waals surface area (Å²) < 4.78 is 0. The third-order valence-electron chi connectivity index (χ3n) is 2.51. The normalized spacial score (nSPS) is 11.8. The van der Waals surface area contributed by atoms with Crippen LogP contribution in [0.5, 0.6) is 0 Å². The van der Waals surface area contributed by atoms with Crippen molar-refractivity contribution in [1.29, 1.82) is 0 Å². The van der Waals surface area contributed by atoms with E-state index in [0.717, 1.165) is 22.5 Å². The van der Waals surface area contributed by atoms with Crippen molar-refractivity contribution in [3.05, 3.63) is 30.1 Å². The highest BCUT2D eigenvalue weighted by molar-refractivity contribution is 5.89. The molecular weight excluding hydrogens is 224 g/mol. The summed E-state index contributed by atoms with van der Waals surface area (Å²) in [5.74, 6) is 1.68. The van der Waals surface area contributed by atoms with Crippen LogP contribution < -0.4 is 11.1 Å². The number of para-hydroxylation sites is 1. The Morgan fingerprint density at radius 1 is 1.17 bits per heavy atom. The van der Waals surface area contributed by atoms with Gasteiger partial charge in [-0.1, -0.05) is 12.1 Å². The van der Waals surface area contributed by atoms with Crippen molar-refractivity contribution in [3.8, 4) is 0 Å². The molecular formula is C14H20N4. The van der Waals surface area contributed by atoms with Crippen molar-refractivity contribution in [2.45, 2.75) is 32.7 Å². The van der Waals surface area contributed by atoms with Crippen LogP contribution in [0.3, 0.4) is 0 Å². The predicted octanol–water partition coefficient (Wildman–Crippen LogP) is 2.34. The zero-order chi connectivity index (χ0) is 13.2. The molecule has 96 valence electrons. The smallest absolute Gasteiger partial charge is 0.138 e. The molecule has 0 fully saturated rings. The zero-order valence-electron chi connectivity index (χ0n) is 11.2. The van der Waals surface area contributed by atoms with Crippen molar-refractivity contribution in [3.63, 3.8) is 0 Å². The lowest BCUT2D eigenvalue weighted by atomic mass is 10.1. The van der Waals surface area contributed by atoms with Gasteiger partial charge in [0.15, 0.2) is 0 Å². The molecule has 0 aliphatic heterocycles. The summed E-state index contributed by atoms with van der Waals surface area (Å²) in [6.07, 6.45) is 0.698. The van der Waals surface area contributed by atoms with Crippen LogP contribution in [0.2, 0.25) is 0 Å². The number of nitrogens with one attached hydrogen (secondary N) is 1. The number of nitrogens with two attached hydrogens (primary N) is 1. The number of hydrogen-bond donors (Lipinski definition) is 2. The Bertz CT molecular complexity index is 543. The first-order valence-corrected chi connectivity index (χ1v) is 6.23. The molecule has 0 radical (unpaired) electrons. The largest absolute Gasteiger partial charge is 0.365 e. The minimum absolute atomic E-state index is 0.0306. The fourth-order valence-electron chi connectivity index (χ4n) is 1.82. The summed E-state index contributed by atoms with van der Waals surface area (Å²) in [7, 11) is 0. The summed E-state index contributed by atoms with van der Waals surface area (Å²) >= 11 is 0. The molecule has 1 heterocycles. The number of anilines is 1. The lowest BCUT2D eigenvalue weighted by Crippen LogP contribution is -2.27. The Kier molecular flexibility index (Phi) is 3.48. The van der Waals surface area contributed by atoms with E-state index in [4.69, 9.17) is 5.73 Å². The molecule has 3 N–H and O–H groups in total. The molecule has 0 atom stereocenters. The second-order valence-corrected chi connectivity index (χ2v) is 5.42. The molecule has 0 spiro atoms. The van der Waals surface area contributed by atoms with Gasteiger partial charge in [-0.15, -0.1) is 0 Å². The first-order chi connectivity index (χ1) is 8.49. The molecule has 0 amide bonds. The third-order valence-corrected chi connectivity index (χ3v) is 2.51. The molecule has 1 aromatic heterocycles. The molecule has 4 heteroatoms. The van der Waals surface area contributed by atoms with E-state index in [1.807, 2.05) is 24.3 Å².